The molecule has 4 aliphatic rings. The molecule has 0 saturated heterocycles. The van der Waals surface area contributed by atoms with Gasteiger partial charge in [0.05, 0.1) is 6.61 Å². The summed E-state index contributed by atoms with van der Waals surface area (Å²) in [7, 11) is 0. The van der Waals surface area contributed by atoms with Crippen molar-refractivity contribution in [1.82, 2.24) is 0 Å². The smallest absolute Gasteiger partial charge is 0.305 e. The van der Waals surface area contributed by atoms with Crippen molar-refractivity contribution in [3.05, 3.63) is 23.3 Å². The molecule has 30 heavy (non-hydrogen) atoms. The van der Waals surface area contributed by atoms with E-state index in [0.717, 1.165) is 25.7 Å². The Morgan fingerprint density at radius 2 is 1.93 bits per heavy atom. The predicted octanol–water partition coefficient (Wildman–Crippen LogP) is 5.07. The second-order valence-corrected chi connectivity index (χ2v) is 10.7. The summed E-state index contributed by atoms with van der Waals surface area (Å²) in [4.78, 5) is 36.7. The van der Waals surface area contributed by atoms with Crippen LogP contribution in [0.1, 0.15) is 73.1 Å². The van der Waals surface area contributed by atoms with Crippen molar-refractivity contribution in [2.24, 2.45) is 40.4 Å². The average molecular weight is 413 g/mol. The maximum atomic E-state index is 12.8. The summed E-state index contributed by atoms with van der Waals surface area (Å²) in [6.45, 7) is 10.8. The van der Waals surface area contributed by atoms with Gasteiger partial charge in [0.15, 0.2) is 5.78 Å². The van der Waals surface area contributed by atoms with E-state index in [0.29, 0.717) is 37.2 Å². The van der Waals surface area contributed by atoms with Gasteiger partial charge in [0.2, 0.25) is 0 Å². The Labute approximate surface area is 180 Å². The van der Waals surface area contributed by atoms with Gasteiger partial charge in [-0.25, -0.2) is 0 Å². The van der Waals surface area contributed by atoms with Crippen molar-refractivity contribution >= 4 is 17.5 Å². The molecule has 0 radical (unpaired) electrons. The summed E-state index contributed by atoms with van der Waals surface area (Å²) in [5.74, 6) is 1.62. The monoisotopic (exact) mass is 412 g/mol. The molecule has 0 bridgehead atoms. The van der Waals surface area contributed by atoms with Crippen molar-refractivity contribution < 1.29 is 19.1 Å². The Bertz CT molecular complexity index is 836. The third-order valence-corrected chi connectivity index (χ3v) is 9.02. The molecular weight excluding hydrogens is 376 g/mol. The summed E-state index contributed by atoms with van der Waals surface area (Å²) in [6, 6.07) is 0. The van der Waals surface area contributed by atoms with Crippen LogP contribution in [-0.2, 0) is 19.1 Å². The fraction of sp³-hybridized carbons (Fsp3) is 0.731. The molecule has 4 heteroatoms. The first-order valence-electron chi connectivity index (χ1n) is 11.7. The fourth-order valence-corrected chi connectivity index (χ4v) is 7.72. The predicted molar refractivity (Wildman–Crippen MR) is 116 cm³/mol. The molecule has 0 aromatic carbocycles. The molecule has 4 aliphatic carbocycles. The maximum Gasteiger partial charge on any atom is 0.305 e. The quantitative estimate of drug-likeness (QED) is 0.478. The number of ether oxygens (including phenoxy) is 1. The topological polar surface area (TPSA) is 60.4 Å². The number of allylic oxidation sites excluding steroid dienone is 4. The van der Waals surface area contributed by atoms with E-state index in [9.17, 15) is 14.4 Å². The van der Waals surface area contributed by atoms with Crippen LogP contribution in [0.25, 0.3) is 0 Å². The summed E-state index contributed by atoms with van der Waals surface area (Å²) >= 11 is 0. The van der Waals surface area contributed by atoms with E-state index >= 15 is 0 Å². The molecule has 2 saturated carbocycles. The van der Waals surface area contributed by atoms with Gasteiger partial charge in [-0.2, -0.15) is 0 Å². The minimum Gasteiger partial charge on any atom is -0.465 e. The molecule has 0 amide bonds. The van der Waals surface area contributed by atoms with Gasteiger partial charge in [-0.1, -0.05) is 44.9 Å². The van der Waals surface area contributed by atoms with E-state index in [2.05, 4.69) is 26.8 Å². The van der Waals surface area contributed by atoms with Gasteiger partial charge in [0.25, 0.3) is 0 Å². The van der Waals surface area contributed by atoms with Crippen molar-refractivity contribution in [3.63, 3.8) is 0 Å². The van der Waals surface area contributed by atoms with Crippen LogP contribution in [0.2, 0.25) is 0 Å². The number of carbonyl (C=O) groups is 3. The van der Waals surface area contributed by atoms with E-state index in [1.807, 2.05) is 6.08 Å². The highest BCUT2D eigenvalue weighted by Crippen LogP contribution is 2.66. The minimum atomic E-state index is -0.184. The third-order valence-electron chi connectivity index (χ3n) is 9.02. The van der Waals surface area contributed by atoms with Gasteiger partial charge < -0.3 is 4.74 Å². The fourth-order valence-electron chi connectivity index (χ4n) is 7.72. The number of carbonyl (C=O) groups excluding carboxylic acids is 3. The van der Waals surface area contributed by atoms with E-state index in [4.69, 9.17) is 4.74 Å². The zero-order chi connectivity index (χ0) is 21.8. The average Bonchev–Trinajstić information content (AvgIpc) is 3.00. The van der Waals surface area contributed by atoms with Crippen LogP contribution in [0, 0.1) is 40.4 Å². The lowest BCUT2D eigenvalue weighted by Crippen LogP contribution is -2.47. The van der Waals surface area contributed by atoms with Crippen molar-refractivity contribution in [3.8, 4) is 0 Å². The van der Waals surface area contributed by atoms with Gasteiger partial charge in [0.1, 0.15) is 5.78 Å². The van der Waals surface area contributed by atoms with E-state index in [1.165, 1.54) is 11.1 Å². The second kappa shape index (κ2) is 7.46. The molecule has 0 spiro atoms. The normalized spacial score (nSPS) is 42.4. The molecule has 4 rings (SSSR count). The van der Waals surface area contributed by atoms with Crippen molar-refractivity contribution in [2.75, 3.05) is 6.61 Å². The van der Waals surface area contributed by atoms with Crippen LogP contribution in [0.3, 0.4) is 0 Å². The van der Waals surface area contributed by atoms with Crippen LogP contribution in [0.15, 0.2) is 23.3 Å². The summed E-state index contributed by atoms with van der Waals surface area (Å²) in [5.41, 5.74) is 2.73. The zero-order valence-electron chi connectivity index (χ0n) is 19.1. The Hall–Kier alpha value is -1.71. The molecule has 0 aromatic rings. The lowest BCUT2D eigenvalue weighted by Gasteiger charge is -2.55. The lowest BCUT2D eigenvalue weighted by atomic mass is 9.49. The first-order chi connectivity index (χ1) is 14.1. The molecule has 164 valence electrons. The number of esters is 1. The molecule has 2 fully saturated rings. The van der Waals surface area contributed by atoms with E-state index in [1.54, 1.807) is 13.8 Å². The highest BCUT2D eigenvalue weighted by atomic mass is 16.5. The second-order valence-electron chi connectivity index (χ2n) is 10.7. The molecule has 0 unspecified atom stereocenters. The largest absolute Gasteiger partial charge is 0.465 e. The molecule has 7 atom stereocenters. The zero-order valence-corrected chi connectivity index (χ0v) is 19.1. The first kappa shape index (κ1) is 21.5. The van der Waals surface area contributed by atoms with Crippen LogP contribution in [-0.4, -0.2) is 24.1 Å². The molecule has 0 N–H and O–H groups in total. The number of hydrogen-bond donors (Lipinski definition) is 0. The Balaban J connectivity index is 1.69. The van der Waals surface area contributed by atoms with Gasteiger partial charge in [-0.3, -0.25) is 14.4 Å². The van der Waals surface area contributed by atoms with Gasteiger partial charge in [-0.15, -0.1) is 0 Å². The third kappa shape index (κ3) is 3.13. The van der Waals surface area contributed by atoms with E-state index in [-0.39, 0.29) is 40.2 Å². The summed E-state index contributed by atoms with van der Waals surface area (Å²) in [6.07, 6.45) is 9.15. The number of Topliss-reactive ketones (excluding diaryl/α,β-unsaturated/α-hetero) is 1. The van der Waals surface area contributed by atoms with Crippen LogP contribution < -0.4 is 0 Å². The summed E-state index contributed by atoms with van der Waals surface area (Å²) < 4.78 is 5.53. The van der Waals surface area contributed by atoms with E-state index < -0.39 is 0 Å². The minimum absolute atomic E-state index is 0.0178. The SMILES string of the molecule is CCC(=O)OC[C@H]1C[C@H]2[C@@H]3C[C@H](C)C4=CC(=O)CC[C@]4(C)C3=CC[C@]2(C)[C@H]1C(C)=O. The standard InChI is InChI=1S/C26H36O4/c1-6-23(29)30-14-17-12-22-19-11-15(2)21-13-18(28)7-9-25(21,4)20(19)8-10-26(22,5)24(17)16(3)27/h8,13,15,17,19,22,24H,6-7,9-12,14H2,1-5H3/t15-,17+,19+,22-,24-,25+,26-/m0/s1. The molecule has 0 heterocycles. The highest BCUT2D eigenvalue weighted by molar-refractivity contribution is 5.92. The Morgan fingerprint density at radius 1 is 1.20 bits per heavy atom. The first-order valence-corrected chi connectivity index (χ1v) is 11.7. The van der Waals surface area contributed by atoms with Gasteiger partial charge in [-0.05, 0) is 61.9 Å². The number of hydrogen-bond acceptors (Lipinski definition) is 4. The van der Waals surface area contributed by atoms with Gasteiger partial charge >= 0.3 is 5.97 Å². The molecule has 0 aromatic heterocycles. The maximum absolute atomic E-state index is 12.8. The van der Waals surface area contributed by atoms with Crippen LogP contribution in [0.4, 0.5) is 0 Å². The number of ketones is 2. The number of rotatable bonds is 4. The van der Waals surface area contributed by atoms with Gasteiger partial charge in [0, 0.05) is 30.1 Å². The Kier molecular flexibility index (Phi) is 5.35. The van der Waals surface area contributed by atoms with Crippen molar-refractivity contribution in [1.29, 1.82) is 0 Å². The van der Waals surface area contributed by atoms with Crippen molar-refractivity contribution in [2.45, 2.75) is 73.1 Å². The highest BCUT2D eigenvalue weighted by Gasteiger charge is 2.60. The van der Waals surface area contributed by atoms with Crippen LogP contribution in [0.5, 0.6) is 0 Å². The molecule has 4 nitrogen and oxygen atoms in total. The Morgan fingerprint density at radius 3 is 2.60 bits per heavy atom. The lowest BCUT2D eigenvalue weighted by molar-refractivity contribution is -0.146. The molecule has 0 aliphatic heterocycles. The number of fused-ring (bicyclic) bond motifs is 5. The molecular formula is C26H36O4. The van der Waals surface area contributed by atoms with Crippen LogP contribution >= 0.6 is 0 Å². The summed E-state index contributed by atoms with van der Waals surface area (Å²) in [5, 5.41) is 0.